The highest BCUT2D eigenvalue weighted by Crippen LogP contribution is 2.34. The first-order valence-electron chi connectivity index (χ1n) is 5.60. The van der Waals surface area contributed by atoms with Crippen molar-refractivity contribution in [3.05, 3.63) is 0 Å². The van der Waals surface area contributed by atoms with Crippen molar-refractivity contribution in [2.24, 2.45) is 0 Å². The highest BCUT2D eigenvalue weighted by atomic mass is 19.3. The van der Waals surface area contributed by atoms with E-state index in [1.165, 1.54) is 0 Å². The summed E-state index contributed by atoms with van der Waals surface area (Å²) in [5, 5.41) is 0. The topological polar surface area (TPSA) is 20.3 Å². The van der Waals surface area contributed by atoms with E-state index in [0.717, 1.165) is 6.42 Å². The number of hydrogen-bond acceptors (Lipinski definition) is 1. The number of amides is 1. The minimum absolute atomic E-state index is 0.0173. The molecule has 0 bridgehead atoms. The maximum atomic E-state index is 12.9. The van der Waals surface area contributed by atoms with Crippen LogP contribution in [0.1, 0.15) is 45.4 Å². The number of carbonyl (C=O) groups is 1. The molecular weight excluding hydrogens is 200 g/mol. The second kappa shape index (κ2) is 4.90. The van der Waals surface area contributed by atoms with Crippen LogP contribution >= 0.6 is 0 Å². The van der Waals surface area contributed by atoms with Crippen molar-refractivity contribution in [1.82, 2.24) is 4.90 Å². The third-order valence-corrected chi connectivity index (χ3v) is 3.09. The first kappa shape index (κ1) is 12.4. The van der Waals surface area contributed by atoms with Gasteiger partial charge in [-0.15, -0.1) is 0 Å². The van der Waals surface area contributed by atoms with Gasteiger partial charge in [-0.3, -0.25) is 4.79 Å². The molecule has 0 unspecified atom stereocenters. The first-order chi connectivity index (χ1) is 6.96. The number of carbonyl (C=O) groups excluding carboxylic acids is 1. The fourth-order valence-corrected chi connectivity index (χ4v) is 2.01. The molecule has 0 heterocycles. The van der Waals surface area contributed by atoms with E-state index < -0.39 is 5.92 Å². The summed E-state index contributed by atoms with van der Waals surface area (Å²) >= 11 is 0. The van der Waals surface area contributed by atoms with Crippen molar-refractivity contribution >= 4 is 5.91 Å². The number of rotatable bonds is 3. The van der Waals surface area contributed by atoms with Gasteiger partial charge in [-0.05, 0) is 19.3 Å². The zero-order valence-electron chi connectivity index (χ0n) is 9.43. The summed E-state index contributed by atoms with van der Waals surface area (Å²) in [5.41, 5.74) is 0. The molecule has 1 saturated carbocycles. The molecule has 0 N–H and O–H groups in total. The normalized spacial score (nSPS) is 21.3. The zero-order chi connectivity index (χ0) is 11.5. The van der Waals surface area contributed by atoms with Gasteiger partial charge >= 0.3 is 0 Å². The minimum Gasteiger partial charge on any atom is -0.343 e. The summed E-state index contributed by atoms with van der Waals surface area (Å²) in [5.74, 6) is -2.43. The Bertz CT molecular complexity index is 221. The third-order valence-electron chi connectivity index (χ3n) is 3.09. The summed E-state index contributed by atoms with van der Waals surface area (Å²) in [7, 11) is 1.73. The van der Waals surface area contributed by atoms with Crippen LogP contribution in [0.2, 0.25) is 0 Å². The number of nitrogens with zero attached hydrogens (tertiary/aromatic N) is 1. The van der Waals surface area contributed by atoms with Gasteiger partial charge in [-0.2, -0.15) is 0 Å². The Balaban J connectivity index is 2.42. The molecule has 1 aliphatic carbocycles. The number of halogens is 2. The van der Waals surface area contributed by atoms with Crippen molar-refractivity contribution in [2.45, 2.75) is 57.4 Å². The van der Waals surface area contributed by atoms with Gasteiger partial charge in [-0.25, -0.2) is 8.78 Å². The zero-order valence-corrected chi connectivity index (χ0v) is 9.43. The summed E-state index contributed by atoms with van der Waals surface area (Å²) < 4.78 is 25.8. The molecule has 0 aromatic carbocycles. The van der Waals surface area contributed by atoms with Crippen LogP contribution in [0.15, 0.2) is 0 Å². The van der Waals surface area contributed by atoms with Crippen molar-refractivity contribution in [1.29, 1.82) is 0 Å². The molecule has 1 rings (SSSR count). The van der Waals surface area contributed by atoms with Crippen LogP contribution in [-0.2, 0) is 4.79 Å². The number of hydrogen-bond donors (Lipinski definition) is 0. The SMILES string of the molecule is CCCC(=O)N(C)C1CCC(F)(F)CC1. The van der Waals surface area contributed by atoms with Crippen molar-refractivity contribution in [3.8, 4) is 0 Å². The quantitative estimate of drug-likeness (QED) is 0.714. The molecule has 15 heavy (non-hydrogen) atoms. The van der Waals surface area contributed by atoms with E-state index >= 15 is 0 Å². The molecule has 0 saturated heterocycles. The summed E-state index contributed by atoms with van der Waals surface area (Å²) in [6.45, 7) is 1.95. The molecule has 88 valence electrons. The lowest BCUT2D eigenvalue weighted by Crippen LogP contribution is -2.41. The molecule has 0 spiro atoms. The van der Waals surface area contributed by atoms with Gasteiger partial charge in [0.2, 0.25) is 11.8 Å². The van der Waals surface area contributed by atoms with E-state index in [1.807, 2.05) is 6.92 Å². The smallest absolute Gasteiger partial charge is 0.248 e. The number of alkyl halides is 2. The Labute approximate surface area is 89.6 Å². The maximum absolute atomic E-state index is 12.9. The molecular formula is C11H19F2NO. The Hall–Kier alpha value is -0.670. The summed E-state index contributed by atoms with van der Waals surface area (Å²) in [6, 6.07) is 0.0173. The standard InChI is InChI=1S/C11H19F2NO/c1-3-4-10(15)14(2)9-5-7-11(12,13)8-6-9/h9H,3-8H2,1-2H3. The monoisotopic (exact) mass is 219 g/mol. The fourth-order valence-electron chi connectivity index (χ4n) is 2.01. The Morgan fingerprint density at radius 3 is 2.40 bits per heavy atom. The highest BCUT2D eigenvalue weighted by molar-refractivity contribution is 5.76. The van der Waals surface area contributed by atoms with E-state index in [0.29, 0.717) is 19.3 Å². The van der Waals surface area contributed by atoms with E-state index in [1.54, 1.807) is 11.9 Å². The minimum atomic E-state index is -2.51. The molecule has 0 aromatic heterocycles. The molecule has 0 radical (unpaired) electrons. The van der Waals surface area contributed by atoms with Gasteiger partial charge in [0.05, 0.1) is 0 Å². The van der Waals surface area contributed by atoms with Crippen LogP contribution in [-0.4, -0.2) is 29.8 Å². The van der Waals surface area contributed by atoms with E-state index in [9.17, 15) is 13.6 Å². The third kappa shape index (κ3) is 3.43. The van der Waals surface area contributed by atoms with Gasteiger partial charge in [0.15, 0.2) is 0 Å². The molecule has 1 amide bonds. The highest BCUT2D eigenvalue weighted by Gasteiger charge is 2.36. The maximum Gasteiger partial charge on any atom is 0.248 e. The van der Waals surface area contributed by atoms with Gasteiger partial charge in [-0.1, -0.05) is 6.92 Å². The predicted octanol–water partition coefficient (Wildman–Crippen LogP) is 2.82. The summed E-state index contributed by atoms with van der Waals surface area (Å²) in [6.07, 6.45) is 2.02. The average Bonchev–Trinajstić information content (AvgIpc) is 2.17. The molecule has 0 atom stereocenters. The van der Waals surface area contributed by atoms with Crippen LogP contribution in [0.25, 0.3) is 0 Å². The summed E-state index contributed by atoms with van der Waals surface area (Å²) in [4.78, 5) is 13.2. The van der Waals surface area contributed by atoms with Gasteiger partial charge in [0.25, 0.3) is 0 Å². The van der Waals surface area contributed by atoms with E-state index in [4.69, 9.17) is 0 Å². The second-order valence-electron chi connectivity index (χ2n) is 4.34. The van der Waals surface area contributed by atoms with Gasteiger partial charge < -0.3 is 4.90 Å². The van der Waals surface area contributed by atoms with Gasteiger partial charge in [0.1, 0.15) is 0 Å². The Morgan fingerprint density at radius 1 is 1.40 bits per heavy atom. The first-order valence-corrected chi connectivity index (χ1v) is 5.60. The van der Waals surface area contributed by atoms with Crippen LogP contribution in [0.4, 0.5) is 8.78 Å². The van der Waals surface area contributed by atoms with Crippen molar-refractivity contribution in [2.75, 3.05) is 7.05 Å². The van der Waals surface area contributed by atoms with Crippen LogP contribution in [0.5, 0.6) is 0 Å². The molecule has 0 aromatic rings. The molecule has 4 heteroatoms. The molecule has 2 nitrogen and oxygen atoms in total. The predicted molar refractivity (Wildman–Crippen MR) is 54.9 cm³/mol. The Kier molecular flexibility index (Phi) is 4.05. The lowest BCUT2D eigenvalue weighted by Gasteiger charge is -2.34. The largest absolute Gasteiger partial charge is 0.343 e. The van der Waals surface area contributed by atoms with Crippen molar-refractivity contribution in [3.63, 3.8) is 0 Å². The van der Waals surface area contributed by atoms with Crippen LogP contribution in [0, 0.1) is 0 Å². The van der Waals surface area contributed by atoms with E-state index in [2.05, 4.69) is 0 Å². The Morgan fingerprint density at radius 2 is 1.93 bits per heavy atom. The van der Waals surface area contributed by atoms with Crippen LogP contribution in [0.3, 0.4) is 0 Å². The molecule has 1 fully saturated rings. The molecule has 0 aliphatic heterocycles. The molecule has 1 aliphatic rings. The second-order valence-corrected chi connectivity index (χ2v) is 4.34. The van der Waals surface area contributed by atoms with Gasteiger partial charge in [0, 0.05) is 32.4 Å². The average molecular weight is 219 g/mol. The lowest BCUT2D eigenvalue weighted by atomic mass is 9.91. The van der Waals surface area contributed by atoms with Crippen molar-refractivity contribution < 1.29 is 13.6 Å². The van der Waals surface area contributed by atoms with Crippen LogP contribution < -0.4 is 0 Å². The lowest BCUT2D eigenvalue weighted by molar-refractivity contribution is -0.134. The van der Waals surface area contributed by atoms with E-state index in [-0.39, 0.29) is 24.8 Å². The fraction of sp³-hybridized carbons (Fsp3) is 0.909.